The van der Waals surface area contributed by atoms with Gasteiger partial charge in [0.1, 0.15) is 0 Å². The van der Waals surface area contributed by atoms with Crippen molar-refractivity contribution >= 4 is 46.2 Å². The van der Waals surface area contributed by atoms with Gasteiger partial charge < -0.3 is 37.2 Å². The standard InChI is InChI=1S/C44H50FN9O5/c1-24-16-33-32-13-10-28-18-31(55)14-15-41(28,2)43(32,45)34(56)19-42(33,3)44(24,59)39(58)50-21-26-7-5-6-25(17-26)20-49-38(57)27-8-11-30(12-9-27)54(4)23-29-22-48-37-35(51-29)36(46)52-40(47)53-37/h5-9,11-12,14-15,17-18,22,24,32-34,56,59H,10,13,16,19-21,23H2,1-4H3,(H,49,57)(H,50,58)(H4,46,47,48,52,53)/t24-,32?,33+,34+,41+,42+,43+,44+/m1/s1. The van der Waals surface area contributed by atoms with Crippen molar-refractivity contribution in [2.24, 2.45) is 28.6 Å². The van der Waals surface area contributed by atoms with Crippen LogP contribution in [-0.2, 0) is 29.2 Å². The van der Waals surface area contributed by atoms with Crippen molar-refractivity contribution in [3.05, 3.63) is 101 Å². The van der Waals surface area contributed by atoms with E-state index in [9.17, 15) is 24.6 Å². The average molecular weight is 804 g/mol. The van der Waals surface area contributed by atoms with Gasteiger partial charge in [0.05, 0.1) is 24.5 Å². The Morgan fingerprint density at radius 2 is 1.73 bits per heavy atom. The summed E-state index contributed by atoms with van der Waals surface area (Å²) in [7, 11) is 1.89. The van der Waals surface area contributed by atoms with Gasteiger partial charge in [0.25, 0.3) is 11.8 Å². The second-order valence-electron chi connectivity index (χ2n) is 17.3. The number of halogens is 1. The van der Waals surface area contributed by atoms with Gasteiger partial charge in [-0.1, -0.05) is 49.8 Å². The number of aromatic nitrogens is 4. The molecule has 4 aromatic rings. The molecular weight excluding hydrogens is 754 g/mol. The number of fused-ring (bicyclic) bond motifs is 6. The predicted molar refractivity (Wildman–Crippen MR) is 220 cm³/mol. The maximum Gasteiger partial charge on any atom is 0.253 e. The summed E-state index contributed by atoms with van der Waals surface area (Å²) in [5.74, 6) is -2.27. The largest absolute Gasteiger partial charge is 0.390 e. The van der Waals surface area contributed by atoms with Gasteiger partial charge in [0.15, 0.2) is 34.0 Å². The fourth-order valence-electron chi connectivity index (χ4n) is 10.7. The molecule has 4 aliphatic carbocycles. The smallest absolute Gasteiger partial charge is 0.253 e. The topological polar surface area (TPSA) is 223 Å². The second-order valence-corrected chi connectivity index (χ2v) is 17.3. The lowest BCUT2D eigenvalue weighted by molar-refractivity contribution is -0.219. The van der Waals surface area contributed by atoms with Gasteiger partial charge in [0, 0.05) is 48.1 Å². The third-order valence-electron chi connectivity index (χ3n) is 13.9. The molecule has 2 aromatic carbocycles. The number of benzene rings is 2. The molecule has 308 valence electrons. The van der Waals surface area contributed by atoms with Crippen LogP contribution in [0.15, 0.2) is 78.5 Å². The van der Waals surface area contributed by atoms with Crippen molar-refractivity contribution in [2.45, 2.75) is 83.5 Å². The first-order chi connectivity index (χ1) is 28.0. The van der Waals surface area contributed by atoms with Crippen LogP contribution in [0, 0.1) is 28.6 Å². The highest BCUT2D eigenvalue weighted by Crippen LogP contribution is 2.70. The fraction of sp³-hybridized carbons (Fsp3) is 0.432. The Morgan fingerprint density at radius 1 is 1.02 bits per heavy atom. The summed E-state index contributed by atoms with van der Waals surface area (Å²) >= 11 is 0. The van der Waals surface area contributed by atoms with Crippen LogP contribution in [0.4, 0.5) is 21.8 Å². The van der Waals surface area contributed by atoms with E-state index in [0.29, 0.717) is 53.8 Å². The SMILES string of the molecule is C[C@@H]1C[C@H]2C3CCC4=CC(=O)C=C[C@]4(C)[C@@]3(F)[C@@H](O)C[C@]2(C)[C@@]1(O)C(=O)NCc1cccc(CNC(=O)c2ccc(N(C)Cc3cnc4nc(N)nc(N)c4n3)cc2)c1. The van der Waals surface area contributed by atoms with Crippen molar-refractivity contribution in [1.82, 2.24) is 30.6 Å². The Hall–Kier alpha value is -5.80. The number of nitrogens with two attached hydrogens (primary N) is 2. The molecule has 0 radical (unpaired) electrons. The number of ketones is 1. The van der Waals surface area contributed by atoms with Gasteiger partial charge in [-0.3, -0.25) is 14.4 Å². The number of amides is 2. The van der Waals surface area contributed by atoms with E-state index >= 15 is 4.39 Å². The number of carbonyl (C=O) groups is 3. The van der Waals surface area contributed by atoms with E-state index < -0.39 is 45.9 Å². The molecule has 2 amide bonds. The summed E-state index contributed by atoms with van der Waals surface area (Å²) in [6, 6.07) is 14.6. The lowest BCUT2D eigenvalue weighted by Gasteiger charge is -2.62. The van der Waals surface area contributed by atoms with Gasteiger partial charge in [-0.25, -0.2) is 14.4 Å². The number of aliphatic hydroxyl groups is 2. The number of anilines is 3. The highest BCUT2D eigenvalue weighted by atomic mass is 19.1. The first kappa shape index (κ1) is 40.0. The molecule has 8 atom stereocenters. The van der Waals surface area contributed by atoms with Gasteiger partial charge in [0.2, 0.25) is 5.95 Å². The number of hydrogen-bond donors (Lipinski definition) is 6. The molecule has 4 aliphatic rings. The molecule has 2 aromatic heterocycles. The molecule has 8 N–H and O–H groups in total. The number of rotatable bonds is 9. The van der Waals surface area contributed by atoms with Gasteiger partial charge in [-0.2, -0.15) is 9.97 Å². The van der Waals surface area contributed by atoms with Gasteiger partial charge in [-0.05, 0) is 92.0 Å². The summed E-state index contributed by atoms with van der Waals surface area (Å²) in [5.41, 5.74) is 10.4. The van der Waals surface area contributed by atoms with Crippen LogP contribution in [0.25, 0.3) is 11.2 Å². The molecule has 0 spiro atoms. The van der Waals surface area contributed by atoms with Gasteiger partial charge >= 0.3 is 0 Å². The zero-order chi connectivity index (χ0) is 42.1. The molecule has 15 heteroatoms. The summed E-state index contributed by atoms with van der Waals surface area (Å²) in [6.07, 6.45) is 5.90. The average Bonchev–Trinajstić information content (AvgIpc) is 3.41. The molecular formula is C44H50FN9O5. The molecule has 0 saturated heterocycles. The van der Waals surface area contributed by atoms with Crippen LogP contribution >= 0.6 is 0 Å². The maximum absolute atomic E-state index is 17.6. The molecule has 59 heavy (non-hydrogen) atoms. The van der Waals surface area contributed by atoms with E-state index in [4.69, 9.17) is 11.5 Å². The van der Waals surface area contributed by atoms with E-state index in [1.54, 1.807) is 31.3 Å². The van der Waals surface area contributed by atoms with Crippen LogP contribution in [0.3, 0.4) is 0 Å². The van der Waals surface area contributed by atoms with Crippen molar-refractivity contribution in [3.8, 4) is 0 Å². The van der Waals surface area contributed by atoms with E-state index in [1.165, 1.54) is 12.2 Å². The number of nitrogens with zero attached hydrogens (tertiary/aromatic N) is 5. The number of aliphatic hydroxyl groups excluding tert-OH is 1. The molecule has 8 rings (SSSR count). The lowest BCUT2D eigenvalue weighted by atomic mass is 9.44. The Labute approximate surface area is 341 Å². The van der Waals surface area contributed by atoms with E-state index in [2.05, 4.69) is 30.6 Å². The third-order valence-corrected chi connectivity index (χ3v) is 13.9. The van der Waals surface area contributed by atoms with Crippen LogP contribution < -0.4 is 27.0 Å². The summed E-state index contributed by atoms with van der Waals surface area (Å²) in [4.78, 5) is 58.3. The second kappa shape index (κ2) is 14.5. The Morgan fingerprint density at radius 3 is 2.46 bits per heavy atom. The summed E-state index contributed by atoms with van der Waals surface area (Å²) < 4.78 is 17.6. The van der Waals surface area contributed by atoms with Crippen LogP contribution in [-0.4, -0.2) is 72.2 Å². The Bertz CT molecular complexity index is 2430. The molecule has 0 aliphatic heterocycles. The highest BCUT2D eigenvalue weighted by molar-refractivity contribution is 6.01. The Balaban J connectivity index is 0.880. The Kier molecular flexibility index (Phi) is 9.82. The quantitative estimate of drug-likeness (QED) is 0.141. The first-order valence-corrected chi connectivity index (χ1v) is 20.0. The maximum atomic E-state index is 17.6. The molecule has 0 bridgehead atoms. The molecule has 14 nitrogen and oxygen atoms in total. The van der Waals surface area contributed by atoms with Crippen molar-refractivity contribution < 1.29 is 29.0 Å². The van der Waals surface area contributed by atoms with Crippen LogP contribution in [0.2, 0.25) is 0 Å². The van der Waals surface area contributed by atoms with E-state index in [1.807, 2.05) is 62.2 Å². The minimum absolute atomic E-state index is 0.0296. The normalized spacial score (nSPS) is 30.8. The monoisotopic (exact) mass is 803 g/mol. The first-order valence-electron chi connectivity index (χ1n) is 20.0. The van der Waals surface area contributed by atoms with Crippen molar-refractivity contribution in [2.75, 3.05) is 23.4 Å². The molecule has 3 fully saturated rings. The van der Waals surface area contributed by atoms with E-state index in [-0.39, 0.29) is 48.9 Å². The zero-order valence-electron chi connectivity index (χ0n) is 33.6. The predicted octanol–water partition coefficient (Wildman–Crippen LogP) is 4.11. The number of nitrogen functional groups attached to an aromatic ring is 2. The lowest BCUT2D eigenvalue weighted by Crippen LogP contribution is -2.70. The van der Waals surface area contributed by atoms with Crippen molar-refractivity contribution in [3.63, 3.8) is 0 Å². The number of hydrogen-bond acceptors (Lipinski definition) is 12. The summed E-state index contributed by atoms with van der Waals surface area (Å²) in [6.45, 7) is 6.18. The number of alkyl halides is 1. The van der Waals surface area contributed by atoms with Crippen molar-refractivity contribution in [1.29, 1.82) is 0 Å². The number of nitrogens with one attached hydrogen (secondary N) is 2. The molecule has 3 saturated carbocycles. The van der Waals surface area contributed by atoms with Crippen LogP contribution in [0.5, 0.6) is 0 Å². The molecule has 1 unspecified atom stereocenters. The van der Waals surface area contributed by atoms with E-state index in [0.717, 1.165) is 16.8 Å². The van der Waals surface area contributed by atoms with Crippen LogP contribution in [0.1, 0.15) is 73.6 Å². The number of allylic oxidation sites excluding steroid dienone is 4. The highest BCUT2D eigenvalue weighted by Gasteiger charge is 2.75. The fourth-order valence-corrected chi connectivity index (χ4v) is 10.7. The minimum Gasteiger partial charge on any atom is -0.390 e. The zero-order valence-corrected chi connectivity index (χ0v) is 33.6. The number of carbonyl (C=O) groups excluding carboxylic acids is 3. The van der Waals surface area contributed by atoms with Gasteiger partial charge in [-0.15, -0.1) is 0 Å². The third kappa shape index (κ3) is 6.41. The summed E-state index contributed by atoms with van der Waals surface area (Å²) in [5, 5.41) is 29.9. The minimum atomic E-state index is -2.05. The molecule has 2 heterocycles.